The van der Waals surface area contributed by atoms with Gasteiger partial charge in [0.15, 0.2) is 0 Å². The number of alkyl halides is 1. The maximum Gasteiger partial charge on any atom is 0.0589 e. The van der Waals surface area contributed by atoms with Crippen molar-refractivity contribution in [2.75, 3.05) is 33.4 Å². The van der Waals surface area contributed by atoms with Crippen molar-refractivity contribution in [3.63, 3.8) is 0 Å². The zero-order valence-electron chi connectivity index (χ0n) is 7.05. The Labute approximate surface area is 73.5 Å². The molecule has 1 heterocycles. The summed E-state index contributed by atoms with van der Waals surface area (Å²) in [5.74, 6) is 0. The van der Waals surface area contributed by atoms with Gasteiger partial charge in [-0.05, 0) is 19.4 Å². The molecule has 1 aliphatic heterocycles. The van der Waals surface area contributed by atoms with Gasteiger partial charge in [0.1, 0.15) is 0 Å². The molecule has 1 unspecified atom stereocenters. The van der Waals surface area contributed by atoms with Crippen LogP contribution in [0.4, 0.5) is 0 Å². The minimum atomic E-state index is 0.362. The molecular weight excluding hydrogens is 162 g/mol. The van der Waals surface area contributed by atoms with Gasteiger partial charge < -0.3 is 4.74 Å². The van der Waals surface area contributed by atoms with Gasteiger partial charge in [-0.15, -0.1) is 11.6 Å². The van der Waals surface area contributed by atoms with Gasteiger partial charge in [-0.3, -0.25) is 4.90 Å². The molecule has 0 amide bonds. The van der Waals surface area contributed by atoms with Crippen molar-refractivity contribution in [2.24, 2.45) is 0 Å². The minimum absolute atomic E-state index is 0.362. The molecule has 0 N–H and O–H groups in total. The van der Waals surface area contributed by atoms with Crippen LogP contribution < -0.4 is 0 Å². The number of methoxy groups -OCH3 is 1. The molecular formula is C8H16ClNO. The van der Waals surface area contributed by atoms with Crippen molar-refractivity contribution < 1.29 is 4.74 Å². The number of piperidine rings is 1. The fourth-order valence-corrected chi connectivity index (χ4v) is 1.77. The summed E-state index contributed by atoms with van der Waals surface area (Å²) in [6.45, 7) is 4.07. The molecule has 0 bridgehead atoms. The van der Waals surface area contributed by atoms with Gasteiger partial charge in [0.05, 0.1) is 6.61 Å². The van der Waals surface area contributed by atoms with Crippen molar-refractivity contribution >= 4 is 11.6 Å². The molecule has 1 atom stereocenters. The average molecular weight is 178 g/mol. The Morgan fingerprint density at radius 1 is 1.64 bits per heavy atom. The number of likely N-dealkylation sites (tertiary alicyclic amines) is 1. The number of halogens is 1. The fraction of sp³-hybridized carbons (Fsp3) is 1.00. The van der Waals surface area contributed by atoms with Gasteiger partial charge in [-0.25, -0.2) is 0 Å². The third kappa shape index (κ3) is 3.41. The first-order chi connectivity index (χ1) is 5.33. The molecule has 66 valence electrons. The Morgan fingerprint density at radius 3 is 3.09 bits per heavy atom. The van der Waals surface area contributed by atoms with Gasteiger partial charge >= 0.3 is 0 Å². The molecule has 2 nitrogen and oxygen atoms in total. The molecule has 0 aromatic rings. The summed E-state index contributed by atoms with van der Waals surface area (Å²) >= 11 is 6.01. The Kier molecular flexibility index (Phi) is 4.20. The summed E-state index contributed by atoms with van der Waals surface area (Å²) in [5.41, 5.74) is 0. The lowest BCUT2D eigenvalue weighted by Gasteiger charge is -2.29. The second kappa shape index (κ2) is 4.96. The molecule has 0 saturated carbocycles. The lowest BCUT2D eigenvalue weighted by molar-refractivity contribution is 0.136. The van der Waals surface area contributed by atoms with E-state index in [0.717, 1.165) is 19.7 Å². The fourth-order valence-electron chi connectivity index (χ4n) is 1.42. The normalized spacial score (nSPS) is 27.3. The van der Waals surface area contributed by atoms with E-state index in [1.807, 2.05) is 0 Å². The molecule has 0 radical (unpaired) electrons. The summed E-state index contributed by atoms with van der Waals surface area (Å²) in [6.07, 6.45) is 2.41. The molecule has 0 aliphatic carbocycles. The SMILES string of the molecule is COCCN1CCCC(Cl)C1. The number of ether oxygens (including phenoxy) is 1. The van der Waals surface area contributed by atoms with E-state index in [9.17, 15) is 0 Å². The Bertz CT molecular complexity index is 110. The maximum atomic E-state index is 6.01. The zero-order valence-corrected chi connectivity index (χ0v) is 7.81. The van der Waals surface area contributed by atoms with Crippen LogP contribution in [-0.4, -0.2) is 43.6 Å². The lowest BCUT2D eigenvalue weighted by Crippen LogP contribution is -2.37. The third-order valence-electron chi connectivity index (χ3n) is 2.06. The van der Waals surface area contributed by atoms with E-state index >= 15 is 0 Å². The highest BCUT2D eigenvalue weighted by molar-refractivity contribution is 6.20. The molecule has 1 fully saturated rings. The second-order valence-corrected chi connectivity index (χ2v) is 3.65. The van der Waals surface area contributed by atoms with Crippen molar-refractivity contribution in [3.8, 4) is 0 Å². The van der Waals surface area contributed by atoms with Gasteiger partial charge in [-0.2, -0.15) is 0 Å². The quantitative estimate of drug-likeness (QED) is 0.604. The van der Waals surface area contributed by atoms with Crippen molar-refractivity contribution in [1.82, 2.24) is 4.90 Å². The largest absolute Gasteiger partial charge is 0.383 e. The summed E-state index contributed by atoms with van der Waals surface area (Å²) < 4.78 is 5.00. The summed E-state index contributed by atoms with van der Waals surface area (Å²) in [7, 11) is 1.74. The predicted octanol–water partition coefficient (Wildman–Crippen LogP) is 1.34. The van der Waals surface area contributed by atoms with Crippen LogP contribution in [-0.2, 0) is 4.74 Å². The van der Waals surface area contributed by atoms with Gasteiger partial charge in [0, 0.05) is 25.6 Å². The topological polar surface area (TPSA) is 12.5 Å². The van der Waals surface area contributed by atoms with E-state index in [1.54, 1.807) is 7.11 Å². The molecule has 3 heteroatoms. The predicted molar refractivity (Wildman–Crippen MR) is 47.2 cm³/mol. The first kappa shape index (κ1) is 9.30. The van der Waals surface area contributed by atoms with Crippen LogP contribution in [0, 0.1) is 0 Å². The Hall–Kier alpha value is 0.210. The number of hydrogen-bond donors (Lipinski definition) is 0. The van der Waals surface area contributed by atoms with E-state index in [1.165, 1.54) is 19.4 Å². The van der Waals surface area contributed by atoms with Gasteiger partial charge in [-0.1, -0.05) is 0 Å². The van der Waals surface area contributed by atoms with E-state index in [4.69, 9.17) is 16.3 Å². The molecule has 1 aliphatic rings. The van der Waals surface area contributed by atoms with Crippen LogP contribution in [0.3, 0.4) is 0 Å². The van der Waals surface area contributed by atoms with Crippen LogP contribution >= 0.6 is 11.6 Å². The first-order valence-corrected chi connectivity index (χ1v) is 4.62. The van der Waals surface area contributed by atoms with Crippen LogP contribution in [0.25, 0.3) is 0 Å². The molecule has 1 rings (SSSR count). The third-order valence-corrected chi connectivity index (χ3v) is 2.42. The molecule has 0 aromatic heterocycles. The molecule has 0 spiro atoms. The number of rotatable bonds is 3. The Balaban J connectivity index is 2.12. The summed E-state index contributed by atoms with van der Waals surface area (Å²) in [6, 6.07) is 0. The second-order valence-electron chi connectivity index (χ2n) is 3.03. The van der Waals surface area contributed by atoms with E-state index in [2.05, 4.69) is 4.90 Å². The Morgan fingerprint density at radius 2 is 2.45 bits per heavy atom. The van der Waals surface area contributed by atoms with Gasteiger partial charge in [0.25, 0.3) is 0 Å². The average Bonchev–Trinajstić information content (AvgIpc) is 2.01. The molecule has 1 saturated heterocycles. The van der Waals surface area contributed by atoms with Crippen molar-refractivity contribution in [2.45, 2.75) is 18.2 Å². The summed E-state index contributed by atoms with van der Waals surface area (Å²) in [4.78, 5) is 2.37. The van der Waals surface area contributed by atoms with Crippen LogP contribution in [0.15, 0.2) is 0 Å². The van der Waals surface area contributed by atoms with Crippen LogP contribution in [0.2, 0.25) is 0 Å². The zero-order chi connectivity index (χ0) is 8.10. The highest BCUT2D eigenvalue weighted by atomic mass is 35.5. The first-order valence-electron chi connectivity index (χ1n) is 4.18. The monoisotopic (exact) mass is 177 g/mol. The van der Waals surface area contributed by atoms with E-state index in [-0.39, 0.29) is 0 Å². The lowest BCUT2D eigenvalue weighted by atomic mass is 10.1. The van der Waals surface area contributed by atoms with Crippen LogP contribution in [0.5, 0.6) is 0 Å². The highest BCUT2D eigenvalue weighted by Gasteiger charge is 2.16. The van der Waals surface area contributed by atoms with E-state index in [0.29, 0.717) is 5.38 Å². The van der Waals surface area contributed by atoms with Gasteiger partial charge in [0.2, 0.25) is 0 Å². The van der Waals surface area contributed by atoms with Crippen molar-refractivity contribution in [3.05, 3.63) is 0 Å². The number of hydrogen-bond acceptors (Lipinski definition) is 2. The van der Waals surface area contributed by atoms with Crippen molar-refractivity contribution in [1.29, 1.82) is 0 Å². The van der Waals surface area contributed by atoms with E-state index < -0.39 is 0 Å². The molecule has 11 heavy (non-hydrogen) atoms. The maximum absolute atomic E-state index is 6.01. The highest BCUT2D eigenvalue weighted by Crippen LogP contribution is 2.14. The standard InChI is InChI=1S/C8H16ClNO/c1-11-6-5-10-4-2-3-8(9)7-10/h8H,2-7H2,1H3. The number of nitrogens with zero attached hydrogens (tertiary/aromatic N) is 1. The summed E-state index contributed by atoms with van der Waals surface area (Å²) in [5, 5.41) is 0.362. The molecule has 0 aromatic carbocycles. The minimum Gasteiger partial charge on any atom is -0.383 e. The van der Waals surface area contributed by atoms with Crippen LogP contribution in [0.1, 0.15) is 12.8 Å². The smallest absolute Gasteiger partial charge is 0.0589 e.